The van der Waals surface area contributed by atoms with Crippen LogP contribution in [-0.2, 0) is 52.3 Å². The molecule has 1 aliphatic heterocycles. The number of rotatable bonds is 10. The molecule has 2 bridgehead atoms. The van der Waals surface area contributed by atoms with E-state index in [2.05, 4.69) is 5.32 Å². The number of carboxylic acids is 1. The monoisotopic (exact) mass is 889 g/mol. The Bertz CT molecular complexity index is 2070. The van der Waals surface area contributed by atoms with Gasteiger partial charge in [0.05, 0.1) is 48.2 Å². The molecule has 5 N–H and O–H groups in total. The van der Waals surface area contributed by atoms with Crippen LogP contribution in [0, 0.1) is 22.2 Å². The highest BCUT2D eigenvalue weighted by molar-refractivity contribution is 5.96. The van der Waals surface area contributed by atoms with E-state index in [4.69, 9.17) is 33.2 Å². The summed E-state index contributed by atoms with van der Waals surface area (Å²) in [5.74, 6) is -7.69. The van der Waals surface area contributed by atoms with E-state index < -0.39 is 136 Å². The van der Waals surface area contributed by atoms with Crippen LogP contribution in [0.15, 0.2) is 41.5 Å². The standard InChI is InChI=1S/C44H59NO18/c1-21-26-28(59-22(2)46)31(49)42(11)24(47)18-25-43(20-58-25,63-37(55)57-12)29(42)32(60-33(50)23-16-14-13-15-17-23)44(56,40(26,8)9)19-41(21,10)61-34(51)27(48)30(39(6,7)35(52)53)45-36(54)62-38(3,4)5/h13-17,24-25,27-30,32,47-48,56H,18-20H2,1-12H3,(H,45,54)(H,52,53)/t24-,25+,27+,28+,29?,30+,32-,41+,42+,43-,44+/m0/s1. The maximum atomic E-state index is 15.6. The number of nitrogens with one attached hydrogen (secondary N) is 1. The number of esters is 3. The number of benzene rings is 1. The van der Waals surface area contributed by atoms with Crippen molar-refractivity contribution in [1.29, 1.82) is 0 Å². The molecular formula is C44H59NO18. The largest absolute Gasteiger partial charge is 0.508 e. The number of Topliss-reactive ketones (excluding diaryl/α,β-unsaturated/α-hetero) is 1. The average Bonchev–Trinajstić information content (AvgIpc) is 3.17. The van der Waals surface area contributed by atoms with Gasteiger partial charge in [-0.2, -0.15) is 0 Å². The van der Waals surface area contributed by atoms with Crippen LogP contribution >= 0.6 is 0 Å². The Balaban J connectivity index is 1.79. The Morgan fingerprint density at radius 3 is 2.06 bits per heavy atom. The zero-order valence-electron chi connectivity index (χ0n) is 37.6. The minimum atomic E-state index is -2.56. The summed E-state index contributed by atoms with van der Waals surface area (Å²) >= 11 is 0. The van der Waals surface area contributed by atoms with Crippen LogP contribution in [0.5, 0.6) is 0 Å². The summed E-state index contributed by atoms with van der Waals surface area (Å²) in [5.41, 5.74) is -13.9. The SMILES string of the molecule is COC(=O)O[C@@]12CO[C@@H]1C[C@H](O)[C@@]1(C)C(=O)[C@H](OC(C)=O)C3=C(C)[C@](C)(OC(=O)[C@H](O)[C@@H](NC(=O)OC(C)(C)C)C(C)(C)C(=O)O)C[C@@](O)([C@@H](OC(=O)c4ccccc4)C12)C3(C)C. The van der Waals surface area contributed by atoms with E-state index in [1.54, 1.807) is 39.0 Å². The minimum Gasteiger partial charge on any atom is -0.481 e. The van der Waals surface area contributed by atoms with Gasteiger partial charge in [0.2, 0.25) is 0 Å². The number of amides is 1. The Labute approximate surface area is 364 Å². The molecule has 3 fully saturated rings. The summed E-state index contributed by atoms with van der Waals surface area (Å²) in [6, 6.07) is 5.70. The first kappa shape index (κ1) is 48.9. The Hall–Kier alpha value is -5.11. The highest BCUT2D eigenvalue weighted by atomic mass is 16.8. The number of alkyl carbamates (subject to hydrolysis) is 1. The minimum absolute atomic E-state index is 0.00266. The van der Waals surface area contributed by atoms with Gasteiger partial charge >= 0.3 is 36.1 Å². The van der Waals surface area contributed by atoms with E-state index >= 15 is 4.79 Å². The maximum Gasteiger partial charge on any atom is 0.508 e. The van der Waals surface area contributed by atoms with Crippen molar-refractivity contribution >= 4 is 41.9 Å². The van der Waals surface area contributed by atoms with Gasteiger partial charge in [0.25, 0.3) is 0 Å². The number of carbonyl (C=O) groups is 7. The molecule has 1 heterocycles. The van der Waals surface area contributed by atoms with Gasteiger partial charge in [0, 0.05) is 25.2 Å². The zero-order valence-corrected chi connectivity index (χ0v) is 37.6. The molecule has 11 atom stereocenters. The molecule has 348 valence electrons. The fourth-order valence-electron chi connectivity index (χ4n) is 9.81. The molecule has 4 aliphatic rings. The van der Waals surface area contributed by atoms with Crippen molar-refractivity contribution in [2.24, 2.45) is 22.2 Å². The lowest BCUT2D eigenvalue weighted by molar-refractivity contribution is -0.345. The van der Waals surface area contributed by atoms with Crippen LogP contribution in [0.4, 0.5) is 9.59 Å². The van der Waals surface area contributed by atoms with Crippen LogP contribution < -0.4 is 5.32 Å². The van der Waals surface area contributed by atoms with Gasteiger partial charge in [-0.3, -0.25) is 14.4 Å². The average molecular weight is 890 g/mol. The van der Waals surface area contributed by atoms with E-state index in [9.17, 15) is 49.2 Å². The van der Waals surface area contributed by atoms with E-state index in [-0.39, 0.29) is 23.1 Å². The van der Waals surface area contributed by atoms with Crippen LogP contribution in [0.3, 0.4) is 0 Å². The molecule has 5 rings (SSSR count). The molecule has 1 saturated heterocycles. The number of fused-ring (bicyclic) bond motifs is 5. The second-order valence-corrected chi connectivity index (χ2v) is 19.4. The molecular weight excluding hydrogens is 830 g/mol. The first-order valence-electron chi connectivity index (χ1n) is 20.5. The number of ketones is 1. The van der Waals surface area contributed by atoms with Crippen molar-refractivity contribution in [1.82, 2.24) is 5.32 Å². The van der Waals surface area contributed by atoms with Gasteiger partial charge in [-0.15, -0.1) is 0 Å². The summed E-state index contributed by atoms with van der Waals surface area (Å²) in [4.78, 5) is 95.9. The molecule has 2 saturated carbocycles. The fourth-order valence-corrected chi connectivity index (χ4v) is 9.81. The van der Waals surface area contributed by atoms with Gasteiger partial charge in [0.1, 0.15) is 29.0 Å². The summed E-state index contributed by atoms with van der Waals surface area (Å²) < 4.78 is 40.3. The van der Waals surface area contributed by atoms with Crippen molar-refractivity contribution < 1.29 is 87.1 Å². The number of carbonyl (C=O) groups excluding carboxylic acids is 6. The number of hydrogen-bond donors (Lipinski definition) is 5. The number of aliphatic hydroxyl groups is 3. The van der Waals surface area contributed by atoms with Crippen molar-refractivity contribution in [3.63, 3.8) is 0 Å². The number of ether oxygens (including phenoxy) is 7. The predicted octanol–water partition coefficient (Wildman–Crippen LogP) is 3.18. The molecule has 3 aliphatic carbocycles. The molecule has 0 spiro atoms. The highest BCUT2D eigenvalue weighted by Gasteiger charge is 2.79. The van der Waals surface area contributed by atoms with Gasteiger partial charge in [0.15, 0.2) is 23.6 Å². The van der Waals surface area contributed by atoms with E-state index in [0.717, 1.165) is 27.9 Å². The molecule has 63 heavy (non-hydrogen) atoms. The number of aliphatic carboxylic acids is 1. The third kappa shape index (κ3) is 8.16. The zero-order chi connectivity index (χ0) is 47.6. The molecule has 1 amide bonds. The first-order chi connectivity index (χ1) is 28.9. The van der Waals surface area contributed by atoms with Crippen LogP contribution in [0.2, 0.25) is 0 Å². The molecule has 1 unspecified atom stereocenters. The van der Waals surface area contributed by atoms with Gasteiger partial charge < -0.3 is 58.9 Å². The number of hydrogen-bond acceptors (Lipinski definition) is 17. The summed E-state index contributed by atoms with van der Waals surface area (Å²) in [5, 5.41) is 50.0. The van der Waals surface area contributed by atoms with Crippen molar-refractivity contribution in [2.45, 2.75) is 148 Å². The van der Waals surface area contributed by atoms with Gasteiger partial charge in [-0.05, 0) is 78.7 Å². The lowest BCUT2D eigenvalue weighted by Crippen LogP contribution is -2.82. The van der Waals surface area contributed by atoms with Gasteiger partial charge in [-0.1, -0.05) is 32.0 Å². The molecule has 0 aromatic heterocycles. The Kier molecular flexibility index (Phi) is 12.8. The normalized spacial score (nSPS) is 33.3. The Morgan fingerprint density at radius 1 is 0.952 bits per heavy atom. The van der Waals surface area contributed by atoms with Crippen LogP contribution in [-0.4, -0.2) is 135 Å². The topological polar surface area (TPSA) is 277 Å². The van der Waals surface area contributed by atoms with E-state index in [1.807, 2.05) is 0 Å². The molecule has 0 radical (unpaired) electrons. The molecule has 19 nitrogen and oxygen atoms in total. The summed E-state index contributed by atoms with van der Waals surface area (Å²) in [7, 11) is 1.04. The van der Waals surface area contributed by atoms with E-state index in [0.29, 0.717) is 0 Å². The lowest BCUT2D eigenvalue weighted by atomic mass is 9.44. The smallest absolute Gasteiger partial charge is 0.481 e. The number of aliphatic hydroxyl groups excluding tert-OH is 2. The van der Waals surface area contributed by atoms with Crippen LogP contribution in [0.1, 0.15) is 99.4 Å². The quantitative estimate of drug-likeness (QED) is 0.128. The highest BCUT2D eigenvalue weighted by Crippen LogP contribution is 2.65. The number of carboxylic acid groups (broad SMARTS) is 1. The van der Waals surface area contributed by atoms with Crippen molar-refractivity contribution in [3.8, 4) is 0 Å². The maximum absolute atomic E-state index is 15.6. The summed E-state index contributed by atoms with van der Waals surface area (Å²) in [6.07, 6.45) is -12.6. The summed E-state index contributed by atoms with van der Waals surface area (Å²) in [6.45, 7) is 14.5. The third-order valence-corrected chi connectivity index (χ3v) is 13.6. The fraction of sp³-hybridized carbons (Fsp3) is 0.659. The van der Waals surface area contributed by atoms with E-state index in [1.165, 1.54) is 46.8 Å². The Morgan fingerprint density at radius 2 is 1.56 bits per heavy atom. The van der Waals surface area contributed by atoms with Crippen LogP contribution in [0.25, 0.3) is 0 Å². The molecule has 19 heteroatoms. The predicted molar refractivity (Wildman–Crippen MR) is 216 cm³/mol. The second-order valence-electron chi connectivity index (χ2n) is 19.4. The second kappa shape index (κ2) is 16.5. The first-order valence-corrected chi connectivity index (χ1v) is 20.5. The lowest BCUT2D eigenvalue weighted by Gasteiger charge is -2.67. The van der Waals surface area contributed by atoms with Gasteiger partial charge in [-0.25, -0.2) is 19.2 Å². The third-order valence-electron chi connectivity index (χ3n) is 13.6. The molecule has 1 aromatic carbocycles. The molecule has 1 aromatic rings. The van der Waals surface area contributed by atoms with Crippen molar-refractivity contribution in [2.75, 3.05) is 13.7 Å². The number of methoxy groups -OCH3 is 1. The van der Waals surface area contributed by atoms with Crippen molar-refractivity contribution in [3.05, 3.63) is 47.0 Å².